The number of nitrogens with zero attached hydrogens (tertiary/aromatic N) is 3. The molecule has 0 aliphatic carbocycles. The Hall–Kier alpha value is -3.42. The van der Waals surface area contributed by atoms with Gasteiger partial charge >= 0.3 is 0 Å². The second-order valence-corrected chi connectivity index (χ2v) is 5.59. The second-order valence-electron chi connectivity index (χ2n) is 5.59. The molecule has 3 aromatic heterocycles. The summed E-state index contributed by atoms with van der Waals surface area (Å²) in [6.07, 6.45) is 2.13. The molecule has 1 aromatic carbocycles. The van der Waals surface area contributed by atoms with E-state index in [9.17, 15) is 4.79 Å². The Kier molecular flexibility index (Phi) is 3.77. The van der Waals surface area contributed by atoms with E-state index in [2.05, 4.69) is 25.4 Å². The molecule has 0 saturated heterocycles. The minimum Gasteiger partial charge on any atom is -0.461 e. The molecule has 25 heavy (non-hydrogen) atoms. The number of amides is 1. The number of nitrogens with one attached hydrogen (secondary N) is 2. The predicted octanol–water partition coefficient (Wildman–Crippen LogP) is 3.09. The Morgan fingerprint density at radius 2 is 2.20 bits per heavy atom. The van der Waals surface area contributed by atoms with E-state index < -0.39 is 0 Å². The Bertz CT molecular complexity index is 1020. The highest BCUT2D eigenvalue weighted by Gasteiger charge is 2.12. The first-order valence-electron chi connectivity index (χ1n) is 7.80. The maximum Gasteiger partial charge on any atom is 0.238 e. The van der Waals surface area contributed by atoms with Gasteiger partial charge in [0.1, 0.15) is 5.82 Å². The second kappa shape index (κ2) is 6.23. The number of rotatable bonds is 5. The Morgan fingerprint density at radius 1 is 1.28 bits per heavy atom. The monoisotopic (exact) mass is 337 g/mol. The van der Waals surface area contributed by atoms with Crippen LogP contribution in [0.5, 0.6) is 0 Å². The fourth-order valence-corrected chi connectivity index (χ4v) is 2.52. The molecule has 0 atom stereocenters. The molecule has 4 rings (SSSR count). The Balaban J connectivity index is 1.37. The molecule has 0 bridgehead atoms. The molecule has 3 heterocycles. The zero-order chi connectivity index (χ0) is 17.2. The van der Waals surface area contributed by atoms with Crippen molar-refractivity contribution in [3.05, 3.63) is 48.3 Å². The third kappa shape index (κ3) is 3.27. The number of aryl methyl sites for hydroxylation is 2. The van der Waals surface area contributed by atoms with Gasteiger partial charge in [0, 0.05) is 18.5 Å². The zero-order valence-electron chi connectivity index (χ0n) is 13.4. The van der Waals surface area contributed by atoms with Crippen LogP contribution in [0.25, 0.3) is 22.6 Å². The van der Waals surface area contributed by atoms with Gasteiger partial charge in [0.15, 0.2) is 5.76 Å². The lowest BCUT2D eigenvalue weighted by Crippen LogP contribution is -2.12. The van der Waals surface area contributed by atoms with Crippen molar-refractivity contribution < 1.29 is 13.7 Å². The van der Waals surface area contributed by atoms with Crippen LogP contribution in [-0.4, -0.2) is 26.0 Å². The zero-order valence-corrected chi connectivity index (χ0v) is 13.4. The topological polar surface area (TPSA) is 110 Å². The number of H-pyrrole nitrogens is 1. The number of hydrogen-bond donors (Lipinski definition) is 2. The number of benzene rings is 1. The van der Waals surface area contributed by atoms with Gasteiger partial charge < -0.3 is 19.2 Å². The predicted molar refractivity (Wildman–Crippen MR) is 89.8 cm³/mol. The molecule has 8 nitrogen and oxygen atoms in total. The fourth-order valence-electron chi connectivity index (χ4n) is 2.52. The van der Waals surface area contributed by atoms with Gasteiger partial charge in [-0.2, -0.15) is 4.98 Å². The lowest BCUT2D eigenvalue weighted by atomic mass is 10.2. The molecule has 126 valence electrons. The molecule has 0 unspecified atom stereocenters. The largest absolute Gasteiger partial charge is 0.461 e. The third-order valence-electron chi connectivity index (χ3n) is 3.66. The first-order valence-corrected chi connectivity index (χ1v) is 7.80. The van der Waals surface area contributed by atoms with Gasteiger partial charge in [-0.15, -0.1) is 0 Å². The van der Waals surface area contributed by atoms with Gasteiger partial charge in [0.25, 0.3) is 0 Å². The van der Waals surface area contributed by atoms with Crippen molar-refractivity contribution in [3.63, 3.8) is 0 Å². The summed E-state index contributed by atoms with van der Waals surface area (Å²) in [6, 6.07) is 9.03. The van der Waals surface area contributed by atoms with Gasteiger partial charge in [-0.1, -0.05) is 5.16 Å². The summed E-state index contributed by atoms with van der Waals surface area (Å²) < 4.78 is 10.3. The van der Waals surface area contributed by atoms with E-state index in [1.54, 1.807) is 12.1 Å². The summed E-state index contributed by atoms with van der Waals surface area (Å²) in [5, 5.41) is 6.69. The van der Waals surface area contributed by atoms with Gasteiger partial charge in [0.05, 0.1) is 17.3 Å². The van der Waals surface area contributed by atoms with Gasteiger partial charge in [0.2, 0.25) is 17.6 Å². The number of furan rings is 1. The van der Waals surface area contributed by atoms with Gasteiger partial charge in [-0.3, -0.25) is 4.79 Å². The number of hydrogen-bond acceptors (Lipinski definition) is 6. The van der Waals surface area contributed by atoms with Gasteiger partial charge in [-0.05, 0) is 37.3 Å². The van der Waals surface area contributed by atoms with Crippen molar-refractivity contribution in [2.24, 2.45) is 0 Å². The van der Waals surface area contributed by atoms with Crippen molar-refractivity contribution in [1.29, 1.82) is 0 Å². The minimum atomic E-state index is -0.131. The molecular weight excluding hydrogens is 322 g/mol. The lowest BCUT2D eigenvalue weighted by Gasteiger charge is -2.03. The van der Waals surface area contributed by atoms with Crippen LogP contribution < -0.4 is 5.32 Å². The van der Waals surface area contributed by atoms with E-state index in [1.165, 1.54) is 6.26 Å². The quantitative estimate of drug-likeness (QED) is 0.579. The van der Waals surface area contributed by atoms with E-state index >= 15 is 0 Å². The van der Waals surface area contributed by atoms with Crippen LogP contribution in [-0.2, 0) is 11.2 Å². The number of imidazole rings is 1. The standard InChI is InChI=1S/C17H15N5O3/c1-10-18-12-5-4-11(9-13(12)19-10)20-15(23)6-7-16-21-17(22-25-16)14-3-2-8-24-14/h2-5,8-9H,6-7H2,1H3,(H,18,19)(H,20,23). The van der Waals surface area contributed by atoms with E-state index in [1.807, 2.05) is 25.1 Å². The van der Waals surface area contributed by atoms with E-state index in [0.717, 1.165) is 16.9 Å². The van der Waals surface area contributed by atoms with E-state index in [4.69, 9.17) is 8.94 Å². The van der Waals surface area contributed by atoms with Crippen LogP contribution in [0.1, 0.15) is 18.1 Å². The summed E-state index contributed by atoms with van der Waals surface area (Å²) in [6.45, 7) is 1.89. The number of aromatic nitrogens is 4. The van der Waals surface area contributed by atoms with Crippen LogP contribution in [0, 0.1) is 6.92 Å². The van der Waals surface area contributed by atoms with Crippen LogP contribution in [0.3, 0.4) is 0 Å². The summed E-state index contributed by atoms with van der Waals surface area (Å²) in [7, 11) is 0. The van der Waals surface area contributed by atoms with Crippen LogP contribution in [0.4, 0.5) is 5.69 Å². The van der Waals surface area contributed by atoms with Crippen molar-refractivity contribution in [2.45, 2.75) is 19.8 Å². The van der Waals surface area contributed by atoms with Crippen LogP contribution in [0.2, 0.25) is 0 Å². The molecular formula is C17H15N5O3. The Morgan fingerprint density at radius 3 is 3.04 bits per heavy atom. The van der Waals surface area contributed by atoms with Crippen molar-refractivity contribution in [2.75, 3.05) is 5.32 Å². The summed E-state index contributed by atoms with van der Waals surface area (Å²) in [5.74, 6) is 2.00. The van der Waals surface area contributed by atoms with Crippen LogP contribution in [0.15, 0.2) is 45.5 Å². The summed E-state index contributed by atoms with van der Waals surface area (Å²) in [4.78, 5) is 23.8. The van der Waals surface area contributed by atoms with Gasteiger partial charge in [-0.25, -0.2) is 4.98 Å². The van der Waals surface area contributed by atoms with Crippen LogP contribution >= 0.6 is 0 Å². The molecule has 0 saturated carbocycles. The highest BCUT2D eigenvalue weighted by atomic mass is 16.5. The maximum atomic E-state index is 12.1. The third-order valence-corrected chi connectivity index (χ3v) is 3.66. The average Bonchev–Trinajstić information content (AvgIpc) is 3.32. The molecule has 0 spiro atoms. The average molecular weight is 337 g/mol. The number of anilines is 1. The van der Waals surface area contributed by atoms with E-state index in [-0.39, 0.29) is 12.3 Å². The first kappa shape index (κ1) is 15.1. The van der Waals surface area contributed by atoms with Crippen molar-refractivity contribution >= 4 is 22.6 Å². The smallest absolute Gasteiger partial charge is 0.238 e. The van der Waals surface area contributed by atoms with Crippen molar-refractivity contribution in [3.8, 4) is 11.6 Å². The molecule has 4 aromatic rings. The number of aromatic amines is 1. The van der Waals surface area contributed by atoms with E-state index in [0.29, 0.717) is 29.6 Å². The fraction of sp³-hybridized carbons (Fsp3) is 0.176. The molecule has 0 fully saturated rings. The number of carbonyl (C=O) groups is 1. The summed E-state index contributed by atoms with van der Waals surface area (Å²) >= 11 is 0. The molecule has 0 aliphatic rings. The maximum absolute atomic E-state index is 12.1. The van der Waals surface area contributed by atoms with Crippen molar-refractivity contribution in [1.82, 2.24) is 20.1 Å². The summed E-state index contributed by atoms with van der Waals surface area (Å²) in [5.41, 5.74) is 2.46. The Labute approximate surface area is 142 Å². The molecule has 0 aliphatic heterocycles. The minimum absolute atomic E-state index is 0.131. The number of fused-ring (bicyclic) bond motifs is 1. The molecule has 2 N–H and O–H groups in total. The molecule has 0 radical (unpaired) electrons. The first-order chi connectivity index (χ1) is 12.2. The lowest BCUT2D eigenvalue weighted by molar-refractivity contribution is -0.116. The molecule has 1 amide bonds. The highest BCUT2D eigenvalue weighted by molar-refractivity contribution is 5.93. The highest BCUT2D eigenvalue weighted by Crippen LogP contribution is 2.18. The SMILES string of the molecule is Cc1nc2ccc(NC(=O)CCc3nc(-c4ccco4)no3)cc2[nH]1. The normalized spacial score (nSPS) is 11.1. The molecule has 8 heteroatoms. The number of carbonyl (C=O) groups excluding carboxylic acids is 1.